The molecule has 22 heavy (non-hydrogen) atoms. The number of amides is 2. The highest BCUT2D eigenvalue weighted by Gasteiger charge is 2.18. The summed E-state index contributed by atoms with van der Waals surface area (Å²) in [6, 6.07) is 7.10. The number of primary amides is 1. The molecule has 2 N–H and O–H groups in total. The number of carbonyl (C=O) groups is 2. The van der Waals surface area contributed by atoms with E-state index in [1.165, 1.54) is 6.42 Å². The van der Waals surface area contributed by atoms with Gasteiger partial charge in [0, 0.05) is 13.1 Å². The minimum Gasteiger partial charge on any atom is -0.484 e. The number of nitrogens with two attached hydrogens (primary N) is 1. The summed E-state index contributed by atoms with van der Waals surface area (Å²) < 4.78 is 5.54. The maximum atomic E-state index is 12.2. The van der Waals surface area contributed by atoms with Crippen LogP contribution in [0.5, 0.6) is 5.75 Å². The molecule has 0 aliphatic carbocycles. The van der Waals surface area contributed by atoms with Crippen LogP contribution >= 0.6 is 0 Å². The van der Waals surface area contributed by atoms with Gasteiger partial charge in [0.15, 0.2) is 6.61 Å². The average Bonchev–Trinajstić information content (AvgIpc) is 2.70. The molecule has 1 atom stereocenters. The van der Waals surface area contributed by atoms with Crippen molar-refractivity contribution in [1.29, 1.82) is 0 Å². The van der Waals surface area contributed by atoms with E-state index in [9.17, 15) is 9.59 Å². The van der Waals surface area contributed by atoms with Crippen molar-refractivity contribution in [2.45, 2.75) is 32.6 Å². The maximum Gasteiger partial charge on any atom is 0.260 e. The fourth-order valence-electron chi connectivity index (χ4n) is 2.65. The molecule has 0 unspecified atom stereocenters. The second-order valence-corrected chi connectivity index (χ2v) is 5.99. The lowest BCUT2D eigenvalue weighted by molar-refractivity contribution is -0.133. The van der Waals surface area contributed by atoms with Gasteiger partial charge < -0.3 is 15.4 Å². The van der Waals surface area contributed by atoms with Crippen molar-refractivity contribution < 1.29 is 14.3 Å². The summed E-state index contributed by atoms with van der Waals surface area (Å²) >= 11 is 0. The zero-order valence-electron chi connectivity index (χ0n) is 13.1. The molecule has 0 bridgehead atoms. The van der Waals surface area contributed by atoms with Gasteiger partial charge in [0.2, 0.25) is 5.91 Å². The Bertz CT molecular complexity index is 513. The fraction of sp³-hybridized carbons (Fsp3) is 0.529. The molecule has 1 aliphatic heterocycles. The van der Waals surface area contributed by atoms with Crippen molar-refractivity contribution >= 4 is 11.8 Å². The lowest BCUT2D eigenvalue weighted by atomic mass is 10.0. The summed E-state index contributed by atoms with van der Waals surface area (Å²) in [5.41, 5.74) is 5.99. The van der Waals surface area contributed by atoms with Crippen molar-refractivity contribution in [3.05, 3.63) is 29.8 Å². The largest absolute Gasteiger partial charge is 0.484 e. The van der Waals surface area contributed by atoms with Gasteiger partial charge in [-0.3, -0.25) is 9.59 Å². The number of hydrogen-bond donors (Lipinski definition) is 1. The molecule has 1 fully saturated rings. The third-order valence-electron chi connectivity index (χ3n) is 4.03. The van der Waals surface area contributed by atoms with Gasteiger partial charge >= 0.3 is 0 Å². The molecule has 2 rings (SSSR count). The van der Waals surface area contributed by atoms with Crippen molar-refractivity contribution in [3.8, 4) is 5.75 Å². The van der Waals surface area contributed by atoms with Gasteiger partial charge in [-0.25, -0.2) is 0 Å². The van der Waals surface area contributed by atoms with Crippen LogP contribution in [0.3, 0.4) is 0 Å². The van der Waals surface area contributed by atoms with E-state index in [1.54, 1.807) is 24.3 Å². The predicted molar refractivity (Wildman–Crippen MR) is 84.4 cm³/mol. The van der Waals surface area contributed by atoms with E-state index >= 15 is 0 Å². The summed E-state index contributed by atoms with van der Waals surface area (Å²) in [7, 11) is 0. The van der Waals surface area contributed by atoms with E-state index in [0.717, 1.165) is 31.5 Å². The topological polar surface area (TPSA) is 72.6 Å². The number of hydrogen-bond acceptors (Lipinski definition) is 3. The van der Waals surface area contributed by atoms with Crippen molar-refractivity contribution in [2.75, 3.05) is 19.7 Å². The van der Waals surface area contributed by atoms with Crippen molar-refractivity contribution in [1.82, 2.24) is 4.90 Å². The van der Waals surface area contributed by atoms with Crippen LogP contribution in [0.1, 0.15) is 31.7 Å². The van der Waals surface area contributed by atoms with E-state index < -0.39 is 0 Å². The molecule has 5 nitrogen and oxygen atoms in total. The van der Waals surface area contributed by atoms with E-state index in [2.05, 4.69) is 6.92 Å². The summed E-state index contributed by atoms with van der Waals surface area (Å²) in [5, 5.41) is 0. The first kappa shape index (κ1) is 16.3. The second-order valence-electron chi connectivity index (χ2n) is 5.99. The average molecular weight is 304 g/mol. The molecule has 120 valence electrons. The Kier molecular flexibility index (Phi) is 5.81. The monoisotopic (exact) mass is 304 g/mol. The molecular formula is C17H24N2O3. The molecule has 1 heterocycles. The van der Waals surface area contributed by atoms with Gasteiger partial charge in [0.25, 0.3) is 5.91 Å². The highest BCUT2D eigenvalue weighted by molar-refractivity contribution is 5.78. The summed E-state index contributed by atoms with van der Waals surface area (Å²) in [5.74, 6) is 0.996. The Morgan fingerprint density at radius 1 is 1.23 bits per heavy atom. The first-order valence-corrected chi connectivity index (χ1v) is 7.82. The summed E-state index contributed by atoms with van der Waals surface area (Å²) in [6.45, 7) is 3.94. The SMILES string of the molecule is C[C@H]1CCCN(C(=O)COc2ccc(CC(N)=O)cc2)CC1. The normalized spacial score (nSPS) is 18.6. The summed E-state index contributed by atoms with van der Waals surface area (Å²) in [4.78, 5) is 24.9. The molecule has 0 radical (unpaired) electrons. The maximum absolute atomic E-state index is 12.2. The van der Waals surface area contributed by atoms with Crippen molar-refractivity contribution in [3.63, 3.8) is 0 Å². The molecule has 0 spiro atoms. The molecule has 0 aromatic heterocycles. The number of rotatable bonds is 5. The Morgan fingerprint density at radius 3 is 2.64 bits per heavy atom. The minimum absolute atomic E-state index is 0.0373. The third-order valence-corrected chi connectivity index (χ3v) is 4.03. The van der Waals surface area contributed by atoms with E-state index in [1.807, 2.05) is 4.90 Å². The lowest BCUT2D eigenvalue weighted by Gasteiger charge is -2.20. The first-order valence-electron chi connectivity index (χ1n) is 7.82. The van der Waals surface area contributed by atoms with Crippen LogP contribution in [-0.2, 0) is 16.0 Å². The minimum atomic E-state index is -0.362. The van der Waals surface area contributed by atoms with E-state index in [4.69, 9.17) is 10.5 Å². The summed E-state index contributed by atoms with van der Waals surface area (Å²) in [6.07, 6.45) is 3.53. The van der Waals surface area contributed by atoms with Crippen LogP contribution in [0.2, 0.25) is 0 Å². The number of ether oxygens (including phenoxy) is 1. The second kappa shape index (κ2) is 7.82. The fourth-order valence-corrected chi connectivity index (χ4v) is 2.65. The zero-order valence-corrected chi connectivity index (χ0v) is 13.1. The number of likely N-dealkylation sites (tertiary alicyclic amines) is 1. The molecule has 1 aliphatic rings. The van der Waals surface area contributed by atoms with Gasteiger partial charge in [-0.1, -0.05) is 19.1 Å². The quantitative estimate of drug-likeness (QED) is 0.900. The van der Waals surface area contributed by atoms with Crippen LogP contribution < -0.4 is 10.5 Å². The lowest BCUT2D eigenvalue weighted by Crippen LogP contribution is -2.35. The highest BCUT2D eigenvalue weighted by atomic mass is 16.5. The van der Waals surface area contributed by atoms with Crippen LogP contribution in [0, 0.1) is 5.92 Å². The smallest absolute Gasteiger partial charge is 0.260 e. The molecule has 1 saturated heterocycles. The van der Waals surface area contributed by atoms with E-state index in [0.29, 0.717) is 11.7 Å². The van der Waals surface area contributed by atoms with Crippen LogP contribution in [0.4, 0.5) is 0 Å². The molecular weight excluding hydrogens is 280 g/mol. The number of benzene rings is 1. The van der Waals surface area contributed by atoms with Crippen LogP contribution in [0.15, 0.2) is 24.3 Å². The Hall–Kier alpha value is -2.04. The van der Waals surface area contributed by atoms with Gasteiger partial charge in [0.05, 0.1) is 6.42 Å². The molecule has 1 aromatic carbocycles. The first-order chi connectivity index (χ1) is 10.5. The zero-order chi connectivity index (χ0) is 15.9. The van der Waals surface area contributed by atoms with Gasteiger partial charge in [-0.15, -0.1) is 0 Å². The van der Waals surface area contributed by atoms with Gasteiger partial charge in [0.1, 0.15) is 5.75 Å². The van der Waals surface area contributed by atoms with E-state index in [-0.39, 0.29) is 24.8 Å². The van der Waals surface area contributed by atoms with Crippen LogP contribution in [-0.4, -0.2) is 36.4 Å². The molecule has 2 amide bonds. The predicted octanol–water partition coefficient (Wildman–Crippen LogP) is 1.74. The molecule has 1 aromatic rings. The number of nitrogens with zero attached hydrogens (tertiary/aromatic N) is 1. The van der Waals surface area contributed by atoms with Gasteiger partial charge in [-0.05, 0) is 42.9 Å². The highest BCUT2D eigenvalue weighted by Crippen LogP contribution is 2.17. The Balaban J connectivity index is 1.81. The van der Waals surface area contributed by atoms with Crippen molar-refractivity contribution in [2.24, 2.45) is 11.7 Å². The Labute approximate surface area is 131 Å². The van der Waals surface area contributed by atoms with Crippen LogP contribution in [0.25, 0.3) is 0 Å². The third kappa shape index (κ3) is 5.06. The standard InChI is InChI=1S/C17H24N2O3/c1-13-3-2-9-19(10-8-13)17(21)12-22-15-6-4-14(5-7-15)11-16(18)20/h4-7,13H,2-3,8-12H2,1H3,(H2,18,20)/t13-/m0/s1. The Morgan fingerprint density at radius 2 is 1.95 bits per heavy atom. The van der Waals surface area contributed by atoms with Gasteiger partial charge in [-0.2, -0.15) is 0 Å². The molecule has 0 saturated carbocycles. The number of carbonyl (C=O) groups excluding carboxylic acids is 2. The molecule has 5 heteroatoms.